The lowest BCUT2D eigenvalue weighted by atomic mass is 10.1. The molecule has 0 radical (unpaired) electrons. The molecule has 1 aromatic heterocycles. The van der Waals surface area contributed by atoms with Crippen molar-refractivity contribution in [2.75, 3.05) is 11.9 Å². The van der Waals surface area contributed by atoms with Gasteiger partial charge in [0.1, 0.15) is 4.99 Å². The molecule has 94 valence electrons. The average molecular weight is 283 g/mol. The molecule has 1 heterocycles. The second-order valence-electron chi connectivity index (χ2n) is 3.57. The molecular weight excluding hydrogens is 272 g/mol. The third-order valence-corrected chi connectivity index (χ3v) is 2.76. The van der Waals surface area contributed by atoms with E-state index in [9.17, 15) is 0 Å². The van der Waals surface area contributed by atoms with Gasteiger partial charge in [-0.25, -0.2) is 0 Å². The standard InChI is InChI=1S/C11H11ClN4OS/c12-7-1-2-8(11(13)18)9(5-7)14-4-3-10-15-6-16-17-10/h1-2,5-6,14H,3-4H2,(H2,13,18). The number of thiocarbonyl (C=S) groups is 1. The summed E-state index contributed by atoms with van der Waals surface area (Å²) in [6.07, 6.45) is 1.98. The number of hydrogen-bond acceptors (Lipinski definition) is 5. The lowest BCUT2D eigenvalue weighted by Gasteiger charge is -2.10. The van der Waals surface area contributed by atoms with Crippen molar-refractivity contribution in [2.45, 2.75) is 6.42 Å². The van der Waals surface area contributed by atoms with Crippen LogP contribution in [0.5, 0.6) is 0 Å². The molecule has 0 spiro atoms. The Bertz CT molecular complexity index is 544. The Hall–Kier alpha value is -1.66. The van der Waals surface area contributed by atoms with Crippen molar-refractivity contribution < 1.29 is 4.52 Å². The first-order valence-corrected chi connectivity index (χ1v) is 6.04. The molecule has 0 saturated heterocycles. The largest absolute Gasteiger partial charge is 0.389 e. The SMILES string of the molecule is NC(=S)c1ccc(Cl)cc1NCCc1ncno1. The highest BCUT2D eigenvalue weighted by atomic mass is 35.5. The van der Waals surface area contributed by atoms with Crippen LogP contribution in [0.3, 0.4) is 0 Å². The normalized spacial score (nSPS) is 10.3. The second kappa shape index (κ2) is 5.79. The molecule has 18 heavy (non-hydrogen) atoms. The molecule has 5 nitrogen and oxygen atoms in total. The van der Waals surface area contributed by atoms with Gasteiger partial charge in [-0.1, -0.05) is 29.0 Å². The first-order chi connectivity index (χ1) is 8.66. The third kappa shape index (κ3) is 3.18. The molecule has 2 rings (SSSR count). The monoisotopic (exact) mass is 282 g/mol. The smallest absolute Gasteiger partial charge is 0.228 e. The van der Waals surface area contributed by atoms with Gasteiger partial charge in [0.05, 0.1) is 0 Å². The highest BCUT2D eigenvalue weighted by Crippen LogP contribution is 2.21. The van der Waals surface area contributed by atoms with Gasteiger partial charge in [-0.05, 0) is 18.2 Å². The number of aromatic nitrogens is 2. The minimum absolute atomic E-state index is 0.326. The fraction of sp³-hybridized carbons (Fsp3) is 0.182. The number of rotatable bonds is 5. The van der Waals surface area contributed by atoms with Crippen molar-refractivity contribution in [1.29, 1.82) is 0 Å². The van der Waals surface area contributed by atoms with Crippen molar-refractivity contribution in [3.05, 3.63) is 41.0 Å². The molecule has 0 unspecified atom stereocenters. The summed E-state index contributed by atoms with van der Waals surface area (Å²) in [6.45, 7) is 0.623. The average Bonchev–Trinajstić information content (AvgIpc) is 2.82. The van der Waals surface area contributed by atoms with E-state index in [0.29, 0.717) is 28.9 Å². The predicted octanol–water partition coefficient (Wildman–Crippen LogP) is 2.01. The molecule has 0 atom stereocenters. The van der Waals surface area contributed by atoms with Crippen LogP contribution in [-0.2, 0) is 6.42 Å². The number of benzene rings is 1. The zero-order valence-electron chi connectivity index (χ0n) is 9.39. The van der Waals surface area contributed by atoms with Gasteiger partial charge in [-0.15, -0.1) is 0 Å². The first-order valence-electron chi connectivity index (χ1n) is 5.25. The van der Waals surface area contributed by atoms with Crippen molar-refractivity contribution >= 4 is 34.5 Å². The van der Waals surface area contributed by atoms with Crippen molar-refractivity contribution in [1.82, 2.24) is 10.1 Å². The minimum Gasteiger partial charge on any atom is -0.389 e. The molecule has 0 bridgehead atoms. The van der Waals surface area contributed by atoms with Gasteiger partial charge in [0.15, 0.2) is 6.33 Å². The summed E-state index contributed by atoms with van der Waals surface area (Å²) < 4.78 is 4.90. The molecular formula is C11H11ClN4OS. The van der Waals surface area contributed by atoms with Crippen LogP contribution in [0, 0.1) is 0 Å². The van der Waals surface area contributed by atoms with E-state index in [4.69, 9.17) is 34.1 Å². The van der Waals surface area contributed by atoms with Gasteiger partial charge in [-0.3, -0.25) is 0 Å². The molecule has 0 aliphatic carbocycles. The zero-order chi connectivity index (χ0) is 13.0. The number of hydrogen-bond donors (Lipinski definition) is 2. The molecule has 7 heteroatoms. The maximum atomic E-state index is 5.94. The third-order valence-electron chi connectivity index (χ3n) is 2.31. The number of nitrogens with two attached hydrogens (primary N) is 1. The van der Waals surface area contributed by atoms with Crippen LogP contribution >= 0.6 is 23.8 Å². The van der Waals surface area contributed by atoms with E-state index >= 15 is 0 Å². The van der Waals surface area contributed by atoms with Gasteiger partial charge in [0.2, 0.25) is 5.89 Å². The van der Waals surface area contributed by atoms with Crippen molar-refractivity contribution in [3.63, 3.8) is 0 Å². The van der Waals surface area contributed by atoms with Gasteiger partial charge in [0.25, 0.3) is 0 Å². The van der Waals surface area contributed by atoms with Crippen LogP contribution in [0.4, 0.5) is 5.69 Å². The Morgan fingerprint density at radius 3 is 3.00 bits per heavy atom. The number of anilines is 1. The van der Waals surface area contributed by atoms with Gasteiger partial charge >= 0.3 is 0 Å². The summed E-state index contributed by atoms with van der Waals surface area (Å²) in [5.74, 6) is 0.571. The van der Waals surface area contributed by atoms with Crippen molar-refractivity contribution in [2.24, 2.45) is 5.73 Å². The molecule has 0 fully saturated rings. The molecule has 3 N–H and O–H groups in total. The highest BCUT2D eigenvalue weighted by Gasteiger charge is 2.06. The topological polar surface area (TPSA) is 77.0 Å². The van der Waals surface area contributed by atoms with Crippen LogP contribution < -0.4 is 11.1 Å². The fourth-order valence-corrected chi connectivity index (χ4v) is 1.84. The van der Waals surface area contributed by atoms with Crippen LogP contribution in [-0.4, -0.2) is 21.7 Å². The second-order valence-corrected chi connectivity index (χ2v) is 4.44. The lowest BCUT2D eigenvalue weighted by Crippen LogP contribution is -2.14. The van der Waals surface area contributed by atoms with Crippen LogP contribution in [0.1, 0.15) is 11.5 Å². The van der Waals surface area contributed by atoms with Crippen LogP contribution in [0.2, 0.25) is 5.02 Å². The zero-order valence-corrected chi connectivity index (χ0v) is 11.0. The van der Waals surface area contributed by atoms with E-state index < -0.39 is 0 Å². The van der Waals surface area contributed by atoms with E-state index in [1.807, 2.05) is 0 Å². The summed E-state index contributed by atoms with van der Waals surface area (Å²) in [6, 6.07) is 5.32. The Kier molecular flexibility index (Phi) is 4.11. The molecule has 0 aliphatic heterocycles. The molecule has 2 aromatic rings. The Balaban J connectivity index is 2.03. The summed E-state index contributed by atoms with van der Waals surface area (Å²) >= 11 is 10.9. The van der Waals surface area contributed by atoms with E-state index in [0.717, 1.165) is 11.3 Å². The first kappa shape index (κ1) is 12.8. The Labute approximate surface area is 114 Å². The van der Waals surface area contributed by atoms with Crippen LogP contribution in [0.15, 0.2) is 29.0 Å². The Morgan fingerprint density at radius 2 is 2.33 bits per heavy atom. The van der Waals surface area contributed by atoms with E-state index in [1.54, 1.807) is 18.2 Å². The number of nitrogens with one attached hydrogen (secondary N) is 1. The highest BCUT2D eigenvalue weighted by molar-refractivity contribution is 7.80. The number of nitrogens with zero attached hydrogens (tertiary/aromatic N) is 2. The maximum absolute atomic E-state index is 5.94. The van der Waals surface area contributed by atoms with Crippen LogP contribution in [0.25, 0.3) is 0 Å². The Morgan fingerprint density at radius 1 is 1.50 bits per heavy atom. The molecule has 0 aliphatic rings. The van der Waals surface area contributed by atoms with Gasteiger partial charge < -0.3 is 15.6 Å². The van der Waals surface area contributed by atoms with Crippen molar-refractivity contribution in [3.8, 4) is 0 Å². The van der Waals surface area contributed by atoms with E-state index in [-0.39, 0.29) is 0 Å². The van der Waals surface area contributed by atoms with E-state index in [2.05, 4.69) is 15.5 Å². The summed E-state index contributed by atoms with van der Waals surface area (Å²) in [5.41, 5.74) is 7.20. The quantitative estimate of drug-likeness (QED) is 0.817. The van der Waals surface area contributed by atoms with Gasteiger partial charge in [-0.2, -0.15) is 4.98 Å². The van der Waals surface area contributed by atoms with Gasteiger partial charge in [0, 0.05) is 29.2 Å². The fourth-order valence-electron chi connectivity index (χ4n) is 1.49. The summed E-state index contributed by atoms with van der Waals surface area (Å²) in [4.78, 5) is 4.25. The van der Waals surface area contributed by atoms with E-state index in [1.165, 1.54) is 6.33 Å². The maximum Gasteiger partial charge on any atom is 0.228 e. The lowest BCUT2D eigenvalue weighted by molar-refractivity contribution is 0.380. The summed E-state index contributed by atoms with van der Waals surface area (Å²) in [7, 11) is 0. The molecule has 1 aromatic carbocycles. The summed E-state index contributed by atoms with van der Waals surface area (Å²) in [5, 5.41) is 7.35. The number of halogens is 1. The predicted molar refractivity (Wildman–Crippen MR) is 73.8 cm³/mol. The molecule has 0 saturated carbocycles. The molecule has 0 amide bonds. The minimum atomic E-state index is 0.326.